The summed E-state index contributed by atoms with van der Waals surface area (Å²) in [6, 6.07) is 14.4. The van der Waals surface area contributed by atoms with Gasteiger partial charge >= 0.3 is 5.69 Å². The Hall–Kier alpha value is -3.42. The summed E-state index contributed by atoms with van der Waals surface area (Å²) >= 11 is 0. The summed E-state index contributed by atoms with van der Waals surface area (Å²) < 4.78 is 48.8. The summed E-state index contributed by atoms with van der Waals surface area (Å²) in [5.74, 6) is -0.323. The maximum absolute atomic E-state index is 13.1. The van der Waals surface area contributed by atoms with Crippen LogP contribution in [0, 0.1) is 5.82 Å². The summed E-state index contributed by atoms with van der Waals surface area (Å²) in [6.45, 7) is 2.21. The summed E-state index contributed by atoms with van der Waals surface area (Å²) in [6.07, 6.45) is 2.76. The van der Waals surface area contributed by atoms with Crippen LogP contribution in [-0.4, -0.2) is 54.7 Å². The van der Waals surface area contributed by atoms with Gasteiger partial charge in [0, 0.05) is 29.9 Å². The molecule has 5 N–H and O–H groups in total. The number of hydrogen-bond acceptors (Lipinski definition) is 7. The number of nitrogens with two attached hydrogens (primary N) is 1. The molecule has 39 heavy (non-hydrogen) atoms. The highest BCUT2D eigenvalue weighted by atomic mass is 32.2. The van der Waals surface area contributed by atoms with E-state index < -0.39 is 21.8 Å². The minimum Gasteiger partial charge on any atom is -0.370 e. The summed E-state index contributed by atoms with van der Waals surface area (Å²) in [7, 11) is -3.62. The fourth-order valence-corrected chi connectivity index (χ4v) is 5.88. The maximum atomic E-state index is 13.1. The van der Waals surface area contributed by atoms with Crippen molar-refractivity contribution in [2.75, 3.05) is 19.6 Å². The predicted molar refractivity (Wildman–Crippen MR) is 146 cm³/mol. The Kier molecular flexibility index (Phi) is 8.19. The molecule has 0 saturated carbocycles. The standard InChI is InChI=1S/C27H31FN6O4S/c28-21-5-1-18(2-6-21)17-38-23(14-29)16-34-15-20-13-25(31-26(20)32-27(34)35)19-3-7-24(8-4-19)39(36,37)33-22-9-11-30-12-10-22/h1-8,13,15,22-23,30,33H,9-12,14,16-17,29H2,(H,31,32,35). The van der Waals surface area contributed by atoms with Gasteiger partial charge in [-0.2, -0.15) is 4.98 Å². The molecule has 10 nitrogen and oxygen atoms in total. The molecule has 1 saturated heterocycles. The molecule has 4 aromatic rings. The van der Waals surface area contributed by atoms with Crippen molar-refractivity contribution in [1.29, 1.82) is 0 Å². The highest BCUT2D eigenvalue weighted by Crippen LogP contribution is 2.24. The fraction of sp³-hybridized carbons (Fsp3) is 0.333. The number of ether oxygens (including phenoxy) is 1. The lowest BCUT2D eigenvalue weighted by molar-refractivity contribution is 0.0344. The van der Waals surface area contributed by atoms with Gasteiger partial charge in [0.15, 0.2) is 0 Å². The molecular formula is C27H31FN6O4S. The molecular weight excluding hydrogens is 523 g/mol. The number of fused-ring (bicyclic) bond motifs is 1. The van der Waals surface area contributed by atoms with Crippen LogP contribution in [0.4, 0.5) is 4.39 Å². The number of piperidine rings is 1. The maximum Gasteiger partial charge on any atom is 0.349 e. The van der Waals surface area contributed by atoms with Crippen LogP contribution < -0.4 is 21.5 Å². The number of hydrogen-bond donors (Lipinski definition) is 4. The zero-order valence-corrected chi connectivity index (χ0v) is 22.1. The van der Waals surface area contributed by atoms with Crippen LogP contribution >= 0.6 is 0 Å². The van der Waals surface area contributed by atoms with Gasteiger partial charge in [-0.1, -0.05) is 24.3 Å². The molecule has 3 heterocycles. The van der Waals surface area contributed by atoms with E-state index in [9.17, 15) is 17.6 Å². The van der Waals surface area contributed by atoms with Gasteiger partial charge < -0.3 is 20.8 Å². The number of benzene rings is 2. The molecule has 0 radical (unpaired) electrons. The third-order valence-corrected chi connectivity index (χ3v) is 8.31. The van der Waals surface area contributed by atoms with E-state index in [-0.39, 0.29) is 36.5 Å². The zero-order valence-electron chi connectivity index (χ0n) is 21.3. The molecule has 206 valence electrons. The van der Waals surface area contributed by atoms with Crippen LogP contribution in [0.15, 0.2) is 70.5 Å². The number of aromatic amines is 1. The highest BCUT2D eigenvalue weighted by molar-refractivity contribution is 7.89. The van der Waals surface area contributed by atoms with E-state index in [1.54, 1.807) is 42.6 Å². The Morgan fingerprint density at radius 3 is 2.54 bits per heavy atom. The van der Waals surface area contributed by atoms with Gasteiger partial charge in [-0.05, 0) is 67.4 Å². The highest BCUT2D eigenvalue weighted by Gasteiger charge is 2.22. The molecule has 1 unspecified atom stereocenters. The number of rotatable bonds is 10. The Labute approximate surface area is 225 Å². The summed E-state index contributed by atoms with van der Waals surface area (Å²) in [5, 5.41) is 3.93. The van der Waals surface area contributed by atoms with Crippen LogP contribution in [0.1, 0.15) is 18.4 Å². The Balaban J connectivity index is 1.29. The average molecular weight is 555 g/mol. The van der Waals surface area contributed by atoms with Crippen molar-refractivity contribution in [3.63, 3.8) is 0 Å². The van der Waals surface area contributed by atoms with Gasteiger partial charge in [-0.25, -0.2) is 22.3 Å². The number of H-pyrrole nitrogens is 1. The Morgan fingerprint density at radius 2 is 1.85 bits per heavy atom. The van der Waals surface area contributed by atoms with Crippen LogP contribution in [0.25, 0.3) is 22.3 Å². The lowest BCUT2D eigenvalue weighted by Crippen LogP contribution is -2.42. The molecule has 0 spiro atoms. The summed E-state index contributed by atoms with van der Waals surface area (Å²) in [5.41, 5.74) is 8.10. The van der Waals surface area contributed by atoms with Crippen LogP contribution in [0.3, 0.4) is 0 Å². The van der Waals surface area contributed by atoms with Gasteiger partial charge in [-0.15, -0.1) is 0 Å². The van der Waals surface area contributed by atoms with Gasteiger partial charge in [-0.3, -0.25) is 4.57 Å². The van der Waals surface area contributed by atoms with Crippen molar-refractivity contribution in [2.45, 2.75) is 43.0 Å². The van der Waals surface area contributed by atoms with E-state index in [2.05, 4.69) is 20.0 Å². The second-order valence-electron chi connectivity index (χ2n) is 9.63. The third-order valence-electron chi connectivity index (χ3n) is 6.77. The minimum atomic E-state index is -3.62. The van der Waals surface area contributed by atoms with E-state index in [0.29, 0.717) is 16.7 Å². The molecule has 5 rings (SSSR count). The molecule has 0 amide bonds. The lowest BCUT2D eigenvalue weighted by Gasteiger charge is -2.23. The van der Waals surface area contributed by atoms with Crippen molar-refractivity contribution in [1.82, 2.24) is 24.6 Å². The minimum absolute atomic E-state index is 0.0733. The SMILES string of the molecule is NCC(Cn1cc2cc(-c3ccc(S(=O)(=O)NC4CCNCC4)cc3)[nH]c2nc1=O)OCc1ccc(F)cc1. The number of aromatic nitrogens is 3. The predicted octanol–water partition coefficient (Wildman–Crippen LogP) is 2.11. The van der Waals surface area contributed by atoms with E-state index >= 15 is 0 Å². The molecule has 2 aromatic heterocycles. The second-order valence-corrected chi connectivity index (χ2v) is 11.3. The first-order valence-corrected chi connectivity index (χ1v) is 14.3. The first-order valence-electron chi connectivity index (χ1n) is 12.8. The second kappa shape index (κ2) is 11.8. The molecule has 0 bridgehead atoms. The van der Waals surface area contributed by atoms with Crippen molar-refractivity contribution in [3.8, 4) is 11.3 Å². The van der Waals surface area contributed by atoms with Crippen LogP contribution in [-0.2, 0) is 27.9 Å². The van der Waals surface area contributed by atoms with Gasteiger partial charge in [0.2, 0.25) is 10.0 Å². The van der Waals surface area contributed by atoms with Gasteiger partial charge in [0.05, 0.1) is 24.2 Å². The van der Waals surface area contributed by atoms with Crippen molar-refractivity contribution >= 4 is 21.1 Å². The first kappa shape index (κ1) is 27.2. The number of nitrogens with one attached hydrogen (secondary N) is 3. The number of halogens is 1. The van der Waals surface area contributed by atoms with E-state index in [0.717, 1.165) is 37.1 Å². The monoisotopic (exact) mass is 554 g/mol. The molecule has 1 aliphatic heterocycles. The fourth-order valence-electron chi connectivity index (χ4n) is 4.57. The first-order chi connectivity index (χ1) is 18.8. The molecule has 1 fully saturated rings. The largest absolute Gasteiger partial charge is 0.370 e. The zero-order chi connectivity index (χ0) is 27.4. The smallest absolute Gasteiger partial charge is 0.349 e. The third kappa shape index (κ3) is 6.60. The lowest BCUT2D eigenvalue weighted by atomic mass is 10.1. The molecule has 1 atom stereocenters. The van der Waals surface area contributed by atoms with Crippen molar-refractivity contribution in [3.05, 3.63) is 82.7 Å². The van der Waals surface area contributed by atoms with E-state index in [1.165, 1.54) is 16.7 Å². The Morgan fingerprint density at radius 1 is 1.13 bits per heavy atom. The topological polar surface area (TPSA) is 144 Å². The molecule has 2 aromatic carbocycles. The molecule has 1 aliphatic rings. The van der Waals surface area contributed by atoms with Gasteiger partial charge in [0.25, 0.3) is 0 Å². The van der Waals surface area contributed by atoms with Crippen LogP contribution in [0.2, 0.25) is 0 Å². The molecule has 0 aliphatic carbocycles. The van der Waals surface area contributed by atoms with E-state index in [1.807, 2.05) is 6.07 Å². The Bertz CT molecular complexity index is 1580. The van der Waals surface area contributed by atoms with E-state index in [4.69, 9.17) is 10.5 Å². The van der Waals surface area contributed by atoms with Crippen molar-refractivity contribution < 1.29 is 17.5 Å². The number of sulfonamides is 1. The number of nitrogens with zero attached hydrogens (tertiary/aromatic N) is 2. The summed E-state index contributed by atoms with van der Waals surface area (Å²) in [4.78, 5) is 20.2. The normalized spacial score (nSPS) is 15.5. The average Bonchev–Trinajstić information content (AvgIpc) is 3.35. The van der Waals surface area contributed by atoms with Crippen LogP contribution in [0.5, 0.6) is 0 Å². The quantitative estimate of drug-likeness (QED) is 0.235. The van der Waals surface area contributed by atoms with Gasteiger partial charge in [0.1, 0.15) is 11.5 Å². The molecule has 12 heteroatoms. The van der Waals surface area contributed by atoms with Crippen molar-refractivity contribution in [2.24, 2.45) is 5.73 Å².